The van der Waals surface area contributed by atoms with Gasteiger partial charge in [0.25, 0.3) is 0 Å². The Labute approximate surface area is 146 Å². The highest BCUT2D eigenvalue weighted by Crippen LogP contribution is 2.67. The molecule has 24 heavy (non-hydrogen) atoms. The summed E-state index contributed by atoms with van der Waals surface area (Å²) in [6.45, 7) is 6.58. The molecule has 4 rings (SSSR count). The minimum absolute atomic E-state index is 0.178. The maximum absolute atomic E-state index is 12.2. The molecule has 4 aliphatic rings. The van der Waals surface area contributed by atoms with Crippen LogP contribution in [0.2, 0.25) is 0 Å². The Morgan fingerprint density at radius 2 is 1.46 bits per heavy atom. The van der Waals surface area contributed by atoms with E-state index < -0.39 is 12.2 Å². The van der Waals surface area contributed by atoms with Crippen molar-refractivity contribution in [3.8, 4) is 0 Å². The van der Waals surface area contributed by atoms with Crippen LogP contribution < -0.4 is 0 Å². The SMILES string of the molecule is CC(=O)[C@H]1CC[C@H]2[C@@H]3CC[C@H]4[C@H](O)[C@@H](O)CC[C@]4(C)[C@H]3CC[C@]12C. The fourth-order valence-corrected chi connectivity index (χ4v) is 7.98. The van der Waals surface area contributed by atoms with Crippen LogP contribution in [0.25, 0.3) is 0 Å². The van der Waals surface area contributed by atoms with Crippen LogP contribution in [0.4, 0.5) is 0 Å². The number of fused-ring (bicyclic) bond motifs is 5. The minimum atomic E-state index is -0.536. The van der Waals surface area contributed by atoms with Gasteiger partial charge in [0.05, 0.1) is 12.2 Å². The summed E-state index contributed by atoms with van der Waals surface area (Å²) in [6.07, 6.45) is 7.64. The lowest BCUT2D eigenvalue weighted by Gasteiger charge is -2.61. The number of carbonyl (C=O) groups is 1. The van der Waals surface area contributed by atoms with Crippen molar-refractivity contribution in [2.75, 3.05) is 0 Å². The van der Waals surface area contributed by atoms with Crippen LogP contribution >= 0.6 is 0 Å². The molecule has 0 heterocycles. The normalized spacial score (nSPS) is 57.0. The molecule has 0 aromatic rings. The predicted molar refractivity (Wildman–Crippen MR) is 93.3 cm³/mol. The van der Waals surface area contributed by atoms with Gasteiger partial charge in [-0.15, -0.1) is 0 Å². The number of hydrogen-bond donors (Lipinski definition) is 2. The quantitative estimate of drug-likeness (QED) is 0.771. The summed E-state index contributed by atoms with van der Waals surface area (Å²) in [6, 6.07) is 0. The molecule has 0 saturated heterocycles. The second-order valence-corrected chi connectivity index (χ2v) is 9.95. The second-order valence-electron chi connectivity index (χ2n) is 9.95. The highest BCUT2D eigenvalue weighted by atomic mass is 16.3. The van der Waals surface area contributed by atoms with Gasteiger partial charge in [-0.2, -0.15) is 0 Å². The third kappa shape index (κ3) is 2.13. The first-order chi connectivity index (χ1) is 11.3. The van der Waals surface area contributed by atoms with Gasteiger partial charge in [0.2, 0.25) is 0 Å². The van der Waals surface area contributed by atoms with Gasteiger partial charge in [0, 0.05) is 5.92 Å². The summed E-state index contributed by atoms with van der Waals surface area (Å²) in [5, 5.41) is 20.7. The highest BCUT2D eigenvalue weighted by molar-refractivity contribution is 5.79. The van der Waals surface area contributed by atoms with Crippen molar-refractivity contribution in [3.05, 3.63) is 0 Å². The summed E-state index contributed by atoms with van der Waals surface area (Å²) in [5.41, 5.74) is 0.389. The van der Waals surface area contributed by atoms with Gasteiger partial charge in [0.15, 0.2) is 0 Å². The van der Waals surface area contributed by atoms with Crippen LogP contribution in [0.15, 0.2) is 0 Å². The Morgan fingerprint density at radius 3 is 2.17 bits per heavy atom. The van der Waals surface area contributed by atoms with Gasteiger partial charge in [-0.1, -0.05) is 13.8 Å². The van der Waals surface area contributed by atoms with Crippen LogP contribution in [0.1, 0.15) is 72.1 Å². The lowest BCUT2D eigenvalue weighted by Crippen LogP contribution is -2.58. The number of aliphatic hydroxyl groups excluding tert-OH is 2. The van der Waals surface area contributed by atoms with Gasteiger partial charge in [-0.3, -0.25) is 4.79 Å². The maximum Gasteiger partial charge on any atom is 0.133 e. The molecule has 0 aliphatic heterocycles. The molecule has 0 bridgehead atoms. The molecular weight excluding hydrogens is 300 g/mol. The number of aliphatic hydroxyl groups is 2. The first-order valence-electron chi connectivity index (χ1n) is 10.2. The van der Waals surface area contributed by atoms with Crippen LogP contribution in [-0.2, 0) is 4.79 Å². The number of hydrogen-bond acceptors (Lipinski definition) is 3. The average Bonchev–Trinajstić information content (AvgIpc) is 2.89. The van der Waals surface area contributed by atoms with Crippen molar-refractivity contribution in [1.29, 1.82) is 0 Å². The zero-order valence-corrected chi connectivity index (χ0v) is 15.5. The van der Waals surface area contributed by atoms with Crippen molar-refractivity contribution >= 4 is 5.78 Å². The van der Waals surface area contributed by atoms with Gasteiger partial charge in [-0.25, -0.2) is 0 Å². The fraction of sp³-hybridized carbons (Fsp3) is 0.952. The molecule has 2 N–H and O–H groups in total. The molecule has 4 fully saturated rings. The molecule has 4 aliphatic carbocycles. The van der Waals surface area contributed by atoms with E-state index in [1.54, 1.807) is 6.92 Å². The van der Waals surface area contributed by atoms with Crippen molar-refractivity contribution in [3.63, 3.8) is 0 Å². The standard InChI is InChI=1S/C21H34O3/c1-12(22)14-6-7-15-13-4-5-17-19(24)18(23)9-11-21(17,3)16(13)8-10-20(14,15)2/h13-19,23-24H,4-11H2,1-3H3/t13-,14+,15-,16-,17-,18-,19-,20+,21+/m0/s1. The van der Waals surface area contributed by atoms with E-state index in [1.165, 1.54) is 25.7 Å². The summed E-state index contributed by atoms with van der Waals surface area (Å²) in [5.74, 6) is 3.00. The van der Waals surface area contributed by atoms with Crippen molar-refractivity contribution in [2.45, 2.75) is 84.3 Å². The predicted octanol–water partition coefficient (Wildman–Crippen LogP) is 3.57. The van der Waals surface area contributed by atoms with E-state index in [0.29, 0.717) is 17.6 Å². The Kier molecular flexibility index (Phi) is 3.93. The van der Waals surface area contributed by atoms with E-state index in [9.17, 15) is 15.0 Å². The van der Waals surface area contributed by atoms with Gasteiger partial charge < -0.3 is 10.2 Å². The number of ketones is 1. The van der Waals surface area contributed by atoms with Crippen LogP contribution in [0.5, 0.6) is 0 Å². The van der Waals surface area contributed by atoms with Crippen molar-refractivity contribution in [2.24, 2.45) is 40.4 Å². The molecule has 0 spiro atoms. The molecule has 0 aromatic carbocycles. The molecule has 9 atom stereocenters. The van der Waals surface area contributed by atoms with E-state index in [0.717, 1.165) is 31.6 Å². The maximum atomic E-state index is 12.2. The van der Waals surface area contributed by atoms with Crippen LogP contribution in [0, 0.1) is 40.4 Å². The van der Waals surface area contributed by atoms with E-state index in [1.807, 2.05) is 0 Å². The van der Waals surface area contributed by atoms with Crippen molar-refractivity contribution in [1.82, 2.24) is 0 Å². The van der Waals surface area contributed by atoms with E-state index in [2.05, 4.69) is 13.8 Å². The first-order valence-corrected chi connectivity index (χ1v) is 10.2. The molecule has 0 amide bonds. The lowest BCUT2D eigenvalue weighted by molar-refractivity contribution is -0.174. The van der Waals surface area contributed by atoms with E-state index >= 15 is 0 Å². The Morgan fingerprint density at radius 1 is 0.833 bits per heavy atom. The number of carbonyl (C=O) groups excluding carboxylic acids is 1. The summed E-state index contributed by atoms with van der Waals surface area (Å²) >= 11 is 0. The third-order valence-electron chi connectivity index (χ3n) is 9.22. The smallest absolute Gasteiger partial charge is 0.133 e. The lowest BCUT2D eigenvalue weighted by atomic mass is 9.44. The summed E-state index contributed by atoms with van der Waals surface area (Å²) in [4.78, 5) is 12.2. The molecular formula is C21H34O3. The molecule has 0 aromatic heterocycles. The molecule has 0 radical (unpaired) electrons. The second kappa shape index (κ2) is 5.54. The minimum Gasteiger partial charge on any atom is -0.390 e. The Balaban J connectivity index is 1.63. The molecule has 0 unspecified atom stereocenters. The molecule has 4 saturated carbocycles. The van der Waals surface area contributed by atoms with E-state index in [-0.39, 0.29) is 22.7 Å². The Bertz CT molecular complexity index is 531. The van der Waals surface area contributed by atoms with Crippen LogP contribution in [0.3, 0.4) is 0 Å². The summed E-state index contributed by atoms with van der Waals surface area (Å²) < 4.78 is 0. The highest BCUT2D eigenvalue weighted by Gasteiger charge is 2.62. The Hall–Kier alpha value is -0.410. The molecule has 136 valence electrons. The first kappa shape index (κ1) is 17.0. The number of rotatable bonds is 1. The van der Waals surface area contributed by atoms with Crippen molar-refractivity contribution < 1.29 is 15.0 Å². The van der Waals surface area contributed by atoms with Crippen LogP contribution in [-0.4, -0.2) is 28.2 Å². The third-order valence-corrected chi connectivity index (χ3v) is 9.22. The molecule has 3 nitrogen and oxygen atoms in total. The largest absolute Gasteiger partial charge is 0.390 e. The topological polar surface area (TPSA) is 57.5 Å². The number of Topliss-reactive ketones (excluding diaryl/α,β-unsaturated/α-hetero) is 1. The summed E-state index contributed by atoms with van der Waals surface area (Å²) in [7, 11) is 0. The zero-order valence-electron chi connectivity index (χ0n) is 15.5. The van der Waals surface area contributed by atoms with Gasteiger partial charge >= 0.3 is 0 Å². The van der Waals surface area contributed by atoms with E-state index in [4.69, 9.17) is 0 Å². The molecule has 3 heteroatoms. The average molecular weight is 335 g/mol. The fourth-order valence-electron chi connectivity index (χ4n) is 7.98. The monoisotopic (exact) mass is 334 g/mol. The zero-order chi connectivity index (χ0) is 17.3. The van der Waals surface area contributed by atoms with Gasteiger partial charge in [-0.05, 0) is 92.8 Å². The van der Waals surface area contributed by atoms with Gasteiger partial charge in [0.1, 0.15) is 5.78 Å².